The van der Waals surface area contributed by atoms with Gasteiger partial charge in [0.25, 0.3) is 0 Å². The topological polar surface area (TPSA) is 17.1 Å². The zero-order chi connectivity index (χ0) is 12.0. The zero-order valence-corrected chi connectivity index (χ0v) is 11.2. The Hall–Kier alpha value is -0.680. The molecule has 0 rings (SSSR count). The Balaban J connectivity index is -0.000000266. The summed E-state index contributed by atoms with van der Waals surface area (Å²) in [4.78, 5) is 10.7. The molecule has 0 fully saturated rings. The smallest absolute Gasteiger partial charge is 0.178 e. The first kappa shape index (κ1) is 19.0. The fourth-order valence-corrected chi connectivity index (χ4v) is 0.719. The van der Waals surface area contributed by atoms with Crippen molar-refractivity contribution in [3.05, 3.63) is 36.5 Å². The Labute approximate surface area is 91.2 Å². The van der Waals surface area contributed by atoms with E-state index < -0.39 is 0 Å². The van der Waals surface area contributed by atoms with Crippen LogP contribution in [0, 0.1) is 0 Å². The molecule has 0 aromatic rings. The molecule has 0 saturated heterocycles. The van der Waals surface area contributed by atoms with Gasteiger partial charge in [-0.05, 0) is 6.92 Å². The lowest BCUT2D eigenvalue weighted by molar-refractivity contribution is -0.107. The Morgan fingerprint density at radius 1 is 1.21 bits per heavy atom. The average Bonchev–Trinajstić information content (AvgIpc) is 2.23. The Bertz CT molecular complexity index is 190. The Kier molecular flexibility index (Phi) is 24.6. The number of carbonyl (C=O) groups is 1. The van der Waals surface area contributed by atoms with Crippen molar-refractivity contribution in [2.75, 3.05) is 0 Å². The van der Waals surface area contributed by atoms with Crippen LogP contribution in [0.15, 0.2) is 36.5 Å². The molecule has 0 saturated carbocycles. The van der Waals surface area contributed by atoms with Crippen molar-refractivity contribution >= 4 is 14.8 Å². The van der Waals surface area contributed by atoms with E-state index in [1.165, 1.54) is 0 Å². The summed E-state index contributed by atoms with van der Waals surface area (Å²) in [5.74, 6) is 0. The highest BCUT2D eigenvalue weighted by atomic mass is 31.0. The lowest BCUT2D eigenvalue weighted by atomic mass is 10.2. The van der Waals surface area contributed by atoms with Crippen molar-refractivity contribution in [1.29, 1.82) is 0 Å². The number of rotatable bonds is 3. The summed E-state index contributed by atoms with van der Waals surface area (Å²) in [6.45, 7) is 13.4. The van der Waals surface area contributed by atoms with Gasteiger partial charge in [0.1, 0.15) is 0 Å². The van der Waals surface area contributed by atoms with Gasteiger partial charge in [0.2, 0.25) is 0 Å². The second kappa shape index (κ2) is 18.2. The molecule has 0 spiro atoms. The summed E-state index contributed by atoms with van der Waals surface area (Å²) in [5.41, 5.74) is 0.639. The van der Waals surface area contributed by atoms with Crippen LogP contribution < -0.4 is 0 Å². The minimum atomic E-state index is -0.0157. The molecule has 0 aliphatic heterocycles. The second-order valence-electron chi connectivity index (χ2n) is 1.72. The van der Waals surface area contributed by atoms with E-state index >= 15 is 0 Å². The van der Waals surface area contributed by atoms with Gasteiger partial charge in [0, 0.05) is 5.57 Å². The standard InChI is InChI=1S/C8H11OP.2C2H6/c1-3-5-7(6-4-2)8(9)10;2*1-2/h3-6H,1,10H2,2H3;2*1-2H3/b6-4-,7-5+;;. The molecule has 1 unspecified atom stereocenters. The first-order valence-electron chi connectivity index (χ1n) is 4.97. The second-order valence-corrected chi connectivity index (χ2v) is 2.25. The summed E-state index contributed by atoms with van der Waals surface area (Å²) in [5, 5.41) is 0. The molecule has 0 bridgehead atoms. The maximum Gasteiger partial charge on any atom is 0.178 e. The molecular weight excluding hydrogens is 191 g/mol. The monoisotopic (exact) mass is 214 g/mol. The van der Waals surface area contributed by atoms with E-state index in [9.17, 15) is 4.79 Å². The first-order chi connectivity index (χ1) is 6.72. The van der Waals surface area contributed by atoms with Crippen LogP contribution >= 0.6 is 9.24 Å². The maximum atomic E-state index is 10.7. The van der Waals surface area contributed by atoms with Crippen molar-refractivity contribution < 1.29 is 4.79 Å². The average molecular weight is 214 g/mol. The molecule has 82 valence electrons. The SMILES string of the molecule is C=C/C=C(\C=C/C)C(=O)P.CC.CC. The highest BCUT2D eigenvalue weighted by Gasteiger charge is 1.94. The van der Waals surface area contributed by atoms with E-state index in [0.29, 0.717) is 5.57 Å². The van der Waals surface area contributed by atoms with Crippen LogP contribution in [0.1, 0.15) is 34.6 Å². The fourth-order valence-electron chi connectivity index (χ4n) is 0.526. The summed E-state index contributed by atoms with van der Waals surface area (Å²) >= 11 is 0. The first-order valence-corrected chi connectivity index (χ1v) is 5.55. The van der Waals surface area contributed by atoms with Crippen LogP contribution in [0.4, 0.5) is 0 Å². The number of allylic oxidation sites excluding steroid dienone is 5. The van der Waals surface area contributed by atoms with Gasteiger partial charge in [-0.3, -0.25) is 4.79 Å². The van der Waals surface area contributed by atoms with E-state index in [0.717, 1.165) is 0 Å². The van der Waals surface area contributed by atoms with Crippen LogP contribution in [-0.4, -0.2) is 5.52 Å². The van der Waals surface area contributed by atoms with Crippen LogP contribution in [0.25, 0.3) is 0 Å². The fraction of sp³-hybridized carbons (Fsp3) is 0.417. The lowest BCUT2D eigenvalue weighted by Gasteiger charge is -1.90. The van der Waals surface area contributed by atoms with Gasteiger partial charge in [0.05, 0.1) is 0 Å². The third-order valence-electron chi connectivity index (χ3n) is 0.928. The van der Waals surface area contributed by atoms with Gasteiger partial charge in [-0.2, -0.15) is 0 Å². The number of hydrogen-bond acceptors (Lipinski definition) is 1. The molecule has 0 aliphatic rings. The van der Waals surface area contributed by atoms with Gasteiger partial charge in [-0.15, -0.1) is 0 Å². The van der Waals surface area contributed by atoms with Gasteiger partial charge >= 0.3 is 0 Å². The number of hydrogen-bond donors (Lipinski definition) is 0. The lowest BCUT2D eigenvalue weighted by Crippen LogP contribution is -1.86. The predicted molar refractivity (Wildman–Crippen MR) is 70.5 cm³/mol. The summed E-state index contributed by atoms with van der Waals surface area (Å²) in [6, 6.07) is 0. The van der Waals surface area contributed by atoms with E-state index in [4.69, 9.17) is 0 Å². The van der Waals surface area contributed by atoms with Gasteiger partial charge in [-0.25, -0.2) is 0 Å². The number of carbonyl (C=O) groups excluding carboxylic acids is 1. The van der Waals surface area contributed by atoms with Crippen molar-refractivity contribution in [2.45, 2.75) is 34.6 Å². The van der Waals surface area contributed by atoms with E-state index in [-0.39, 0.29) is 5.52 Å². The van der Waals surface area contributed by atoms with Crippen LogP contribution in [0.5, 0.6) is 0 Å². The summed E-state index contributed by atoms with van der Waals surface area (Å²) < 4.78 is 0. The van der Waals surface area contributed by atoms with Gasteiger partial charge < -0.3 is 0 Å². The van der Waals surface area contributed by atoms with Crippen LogP contribution in [0.3, 0.4) is 0 Å². The van der Waals surface area contributed by atoms with Crippen LogP contribution in [0.2, 0.25) is 0 Å². The molecule has 0 amide bonds. The quantitative estimate of drug-likeness (QED) is 0.392. The normalized spacial score (nSPS) is 9.43. The maximum absolute atomic E-state index is 10.7. The van der Waals surface area contributed by atoms with Crippen molar-refractivity contribution in [1.82, 2.24) is 0 Å². The van der Waals surface area contributed by atoms with E-state index in [1.54, 1.807) is 18.2 Å². The van der Waals surface area contributed by atoms with Gasteiger partial charge in [0.15, 0.2) is 5.52 Å². The Morgan fingerprint density at radius 3 is 1.86 bits per heavy atom. The molecule has 0 N–H and O–H groups in total. The molecule has 0 aromatic carbocycles. The molecule has 0 radical (unpaired) electrons. The molecule has 2 heteroatoms. The molecule has 1 nitrogen and oxygen atoms in total. The van der Waals surface area contributed by atoms with Crippen molar-refractivity contribution in [3.8, 4) is 0 Å². The van der Waals surface area contributed by atoms with E-state index in [1.807, 2.05) is 40.7 Å². The molecule has 14 heavy (non-hydrogen) atoms. The Morgan fingerprint density at radius 2 is 1.64 bits per heavy atom. The van der Waals surface area contributed by atoms with Crippen molar-refractivity contribution in [3.63, 3.8) is 0 Å². The zero-order valence-electron chi connectivity index (χ0n) is 10.0. The largest absolute Gasteiger partial charge is 0.290 e. The van der Waals surface area contributed by atoms with E-state index in [2.05, 4.69) is 15.8 Å². The minimum absolute atomic E-state index is 0.0157. The van der Waals surface area contributed by atoms with Crippen LogP contribution in [-0.2, 0) is 4.79 Å². The molecule has 1 atom stereocenters. The molecule has 0 aliphatic carbocycles. The highest BCUT2D eigenvalue weighted by Crippen LogP contribution is 2.04. The summed E-state index contributed by atoms with van der Waals surface area (Å²) in [7, 11) is 2.11. The van der Waals surface area contributed by atoms with Gasteiger partial charge in [-0.1, -0.05) is 67.8 Å². The minimum Gasteiger partial charge on any atom is -0.290 e. The predicted octanol–water partition coefficient (Wildman–Crippen LogP) is 4.13. The molecule has 0 aromatic heterocycles. The molecular formula is C12H23OP. The third-order valence-corrected chi connectivity index (χ3v) is 1.26. The third kappa shape index (κ3) is 13.9. The highest BCUT2D eigenvalue weighted by molar-refractivity contribution is 7.41. The molecule has 0 heterocycles. The van der Waals surface area contributed by atoms with Crippen molar-refractivity contribution in [2.24, 2.45) is 0 Å². The summed E-state index contributed by atoms with van der Waals surface area (Å²) in [6.07, 6.45) is 6.83.